The molecule has 4 rings (SSSR count). The van der Waals surface area contributed by atoms with Crippen molar-refractivity contribution < 1.29 is 9.59 Å². The number of nitrogens with zero attached hydrogens (tertiary/aromatic N) is 6. The fourth-order valence-corrected chi connectivity index (χ4v) is 4.46. The van der Waals surface area contributed by atoms with Crippen molar-refractivity contribution in [3.63, 3.8) is 0 Å². The number of hydrogen-bond donors (Lipinski definition) is 1. The lowest BCUT2D eigenvalue weighted by molar-refractivity contribution is 0.0752. The molecule has 0 amide bonds. The van der Waals surface area contributed by atoms with Gasteiger partial charge in [0.2, 0.25) is 5.78 Å². The summed E-state index contributed by atoms with van der Waals surface area (Å²) in [6.07, 6.45) is 4.13. The molecule has 0 atom stereocenters. The van der Waals surface area contributed by atoms with Gasteiger partial charge in [-0.05, 0) is 18.2 Å². The van der Waals surface area contributed by atoms with Crippen LogP contribution in [0.4, 0.5) is 5.82 Å². The van der Waals surface area contributed by atoms with E-state index in [9.17, 15) is 19.6 Å². The predicted molar refractivity (Wildman–Crippen MR) is 140 cm³/mol. The van der Waals surface area contributed by atoms with Crippen LogP contribution in [-0.2, 0) is 13.1 Å². The van der Waals surface area contributed by atoms with Crippen LogP contribution in [0.2, 0.25) is 4.34 Å². The molecule has 4 aromatic heterocycles. The number of anilines is 1. The molecule has 4 heterocycles. The van der Waals surface area contributed by atoms with E-state index in [0.717, 1.165) is 10.9 Å². The summed E-state index contributed by atoms with van der Waals surface area (Å²) in [6.45, 7) is 5.34. The fourth-order valence-electron chi connectivity index (χ4n) is 3.43. The summed E-state index contributed by atoms with van der Waals surface area (Å²) in [5.41, 5.74) is -0.680. The minimum absolute atomic E-state index is 0.0927. The highest BCUT2D eigenvalue weighted by atomic mass is 35.5. The number of thiophene rings is 1. The Morgan fingerprint density at radius 1 is 1.19 bits per heavy atom. The van der Waals surface area contributed by atoms with Crippen molar-refractivity contribution in [3.05, 3.63) is 79.7 Å². The first-order valence-corrected chi connectivity index (χ1v) is 12.3. The Morgan fingerprint density at radius 2 is 1.97 bits per heavy atom. The summed E-state index contributed by atoms with van der Waals surface area (Å²) in [5.74, 6) is -0.341. The largest absolute Gasteiger partial charge is 0.365 e. The van der Waals surface area contributed by atoms with Crippen molar-refractivity contribution in [1.29, 1.82) is 5.26 Å². The Kier molecular flexibility index (Phi) is 7.33. The number of aromatic nitrogens is 5. The number of hydrogen-bond acceptors (Lipinski definition) is 9. The van der Waals surface area contributed by atoms with E-state index in [4.69, 9.17) is 11.6 Å². The maximum absolute atomic E-state index is 13.2. The van der Waals surface area contributed by atoms with E-state index in [1.807, 2.05) is 12.1 Å². The van der Waals surface area contributed by atoms with Gasteiger partial charge < -0.3 is 5.32 Å². The SMILES string of the molecule is CC(C)(C)C(=O)n1nc(-c2cc(C#N)cc(=O)n2CC(=O)c2cnccn2)cc1NCc1ccc(Cl)s1. The molecule has 0 aromatic carbocycles. The van der Waals surface area contributed by atoms with Gasteiger partial charge in [0.1, 0.15) is 17.2 Å². The zero-order valence-corrected chi connectivity index (χ0v) is 21.8. The number of carbonyl (C=O) groups is 2. The third-order valence-corrected chi connectivity index (χ3v) is 6.52. The van der Waals surface area contributed by atoms with E-state index in [2.05, 4.69) is 20.4 Å². The van der Waals surface area contributed by atoms with Crippen LogP contribution in [0.3, 0.4) is 0 Å². The molecule has 0 saturated heterocycles. The first kappa shape index (κ1) is 25.9. The summed E-state index contributed by atoms with van der Waals surface area (Å²) >= 11 is 7.44. The average Bonchev–Trinajstić information content (AvgIpc) is 3.49. The van der Waals surface area contributed by atoms with Gasteiger partial charge in [0.05, 0.1) is 40.9 Å². The van der Waals surface area contributed by atoms with Crippen LogP contribution in [0.1, 0.15) is 46.5 Å². The number of halogens is 1. The first-order valence-electron chi connectivity index (χ1n) is 11.1. The summed E-state index contributed by atoms with van der Waals surface area (Å²) in [4.78, 5) is 47.9. The highest BCUT2D eigenvalue weighted by molar-refractivity contribution is 7.16. The third-order valence-electron chi connectivity index (χ3n) is 5.29. The Labute approximate surface area is 221 Å². The summed E-state index contributed by atoms with van der Waals surface area (Å²) in [5, 5.41) is 17.2. The third kappa shape index (κ3) is 5.82. The lowest BCUT2D eigenvalue weighted by atomic mass is 9.96. The minimum Gasteiger partial charge on any atom is -0.365 e. The van der Waals surface area contributed by atoms with Crippen LogP contribution in [0.5, 0.6) is 0 Å². The molecule has 0 spiro atoms. The quantitative estimate of drug-likeness (QED) is 0.346. The highest BCUT2D eigenvalue weighted by Crippen LogP contribution is 2.28. The van der Waals surface area contributed by atoms with Crippen LogP contribution in [0.25, 0.3) is 11.4 Å². The Bertz CT molecular complexity index is 1580. The number of carbonyl (C=O) groups excluding carboxylic acids is 2. The summed E-state index contributed by atoms with van der Waals surface area (Å²) < 4.78 is 3.08. The Hall–Kier alpha value is -4.14. The van der Waals surface area contributed by atoms with Crippen LogP contribution in [-0.4, -0.2) is 36.0 Å². The van der Waals surface area contributed by atoms with Crippen molar-refractivity contribution in [2.75, 3.05) is 5.32 Å². The molecule has 0 saturated carbocycles. The normalized spacial score (nSPS) is 11.2. The van der Waals surface area contributed by atoms with Crippen LogP contribution in [0.15, 0.2) is 53.7 Å². The molecule has 4 aromatic rings. The lowest BCUT2D eigenvalue weighted by Gasteiger charge is -2.18. The smallest absolute Gasteiger partial charge is 0.254 e. The molecule has 1 N–H and O–H groups in total. The van der Waals surface area contributed by atoms with Gasteiger partial charge in [-0.2, -0.15) is 15.0 Å². The fraction of sp³-hybridized carbons (Fsp3) is 0.240. The number of rotatable bonds is 7. The molecule has 37 heavy (non-hydrogen) atoms. The van der Waals surface area contributed by atoms with E-state index < -0.39 is 16.8 Å². The van der Waals surface area contributed by atoms with Gasteiger partial charge in [-0.15, -0.1) is 11.3 Å². The number of ketones is 1. The Balaban J connectivity index is 1.80. The van der Waals surface area contributed by atoms with Gasteiger partial charge in [-0.1, -0.05) is 32.4 Å². The standard InChI is InChI=1S/C25H22ClN7O3S/c1-25(2,3)24(36)33-22(30-12-16-4-5-21(26)37-16)10-17(31-33)19-8-15(11-27)9-23(35)32(19)14-20(34)18-13-28-6-7-29-18/h4-10,13,30H,12,14H2,1-3H3. The molecular weight excluding hydrogens is 514 g/mol. The minimum atomic E-state index is -0.762. The van der Waals surface area contributed by atoms with E-state index in [0.29, 0.717) is 16.7 Å². The van der Waals surface area contributed by atoms with Crippen LogP contribution < -0.4 is 10.9 Å². The van der Waals surface area contributed by atoms with E-state index in [1.54, 1.807) is 32.9 Å². The maximum Gasteiger partial charge on any atom is 0.254 e. The van der Waals surface area contributed by atoms with Crippen molar-refractivity contribution in [2.24, 2.45) is 5.41 Å². The van der Waals surface area contributed by atoms with Gasteiger partial charge in [0, 0.05) is 34.8 Å². The lowest BCUT2D eigenvalue weighted by Crippen LogP contribution is -2.29. The monoisotopic (exact) mass is 535 g/mol. The molecule has 0 radical (unpaired) electrons. The molecule has 0 unspecified atom stereocenters. The van der Waals surface area contributed by atoms with Gasteiger partial charge in [-0.25, -0.2) is 4.98 Å². The highest BCUT2D eigenvalue weighted by Gasteiger charge is 2.28. The van der Waals surface area contributed by atoms with Gasteiger partial charge in [0.25, 0.3) is 11.5 Å². The molecule has 0 aliphatic heterocycles. The molecule has 10 nitrogen and oxygen atoms in total. The predicted octanol–water partition coefficient (Wildman–Crippen LogP) is 4.27. The average molecular weight is 536 g/mol. The molecule has 0 aliphatic rings. The zero-order valence-electron chi connectivity index (χ0n) is 20.2. The molecule has 0 bridgehead atoms. The van der Waals surface area contributed by atoms with Gasteiger partial charge >= 0.3 is 0 Å². The molecule has 188 valence electrons. The van der Waals surface area contributed by atoms with Gasteiger partial charge in [0.15, 0.2) is 0 Å². The van der Waals surface area contributed by atoms with Crippen molar-refractivity contribution >= 4 is 40.4 Å². The molecule has 12 heteroatoms. The van der Waals surface area contributed by atoms with Crippen molar-refractivity contribution in [2.45, 2.75) is 33.9 Å². The second-order valence-corrected chi connectivity index (χ2v) is 10.9. The van der Waals surface area contributed by atoms with E-state index in [1.165, 1.54) is 45.2 Å². The van der Waals surface area contributed by atoms with Crippen LogP contribution >= 0.6 is 22.9 Å². The number of Topliss-reactive ketones (excluding diaryl/α,β-unsaturated/α-hetero) is 1. The maximum atomic E-state index is 13.2. The van der Waals surface area contributed by atoms with Gasteiger partial charge in [-0.3, -0.25) is 23.9 Å². The van der Waals surface area contributed by atoms with Crippen molar-refractivity contribution in [1.82, 2.24) is 24.3 Å². The van der Waals surface area contributed by atoms with Crippen LogP contribution in [0, 0.1) is 16.7 Å². The first-order chi connectivity index (χ1) is 17.6. The molecular formula is C25H22ClN7O3S. The molecule has 0 aliphatic carbocycles. The molecule has 0 fully saturated rings. The van der Waals surface area contributed by atoms with E-state index in [-0.39, 0.29) is 35.1 Å². The second-order valence-electron chi connectivity index (χ2n) is 9.12. The van der Waals surface area contributed by atoms with E-state index >= 15 is 0 Å². The summed E-state index contributed by atoms with van der Waals surface area (Å²) in [6, 6.07) is 9.83. The number of nitrogens with one attached hydrogen (secondary N) is 1. The second kappa shape index (κ2) is 10.5. The topological polar surface area (TPSA) is 136 Å². The number of nitriles is 1. The zero-order chi connectivity index (χ0) is 26.7. The number of pyridine rings is 1. The Morgan fingerprint density at radius 3 is 2.59 bits per heavy atom. The van der Waals surface area contributed by atoms with Crippen molar-refractivity contribution in [3.8, 4) is 17.5 Å². The summed E-state index contributed by atoms with van der Waals surface area (Å²) in [7, 11) is 0.